The molecule has 0 spiro atoms. The van der Waals surface area contributed by atoms with E-state index >= 15 is 0 Å². The van der Waals surface area contributed by atoms with Crippen LogP contribution < -0.4 is 5.32 Å². The summed E-state index contributed by atoms with van der Waals surface area (Å²) < 4.78 is 10.7. The van der Waals surface area contributed by atoms with Gasteiger partial charge in [0.1, 0.15) is 6.61 Å². The normalized spacial score (nSPS) is 13.4. The maximum atomic E-state index is 10.9. The maximum absolute atomic E-state index is 10.9. The van der Waals surface area contributed by atoms with Crippen LogP contribution in [0.3, 0.4) is 0 Å². The van der Waals surface area contributed by atoms with Gasteiger partial charge in [-0.1, -0.05) is 20.4 Å². The SMILES string of the molecule is C=CC(=O)OCCOC(CC(C)C)CC(C)(C)NC. The summed E-state index contributed by atoms with van der Waals surface area (Å²) in [7, 11) is 1.96. The van der Waals surface area contributed by atoms with Crippen molar-refractivity contribution in [2.75, 3.05) is 20.3 Å². The van der Waals surface area contributed by atoms with Crippen molar-refractivity contribution in [2.45, 2.75) is 52.2 Å². The van der Waals surface area contributed by atoms with Crippen LogP contribution in [0.15, 0.2) is 12.7 Å². The predicted octanol–water partition coefficient (Wildman–Crippen LogP) is 2.54. The van der Waals surface area contributed by atoms with Gasteiger partial charge in [0, 0.05) is 11.6 Å². The van der Waals surface area contributed by atoms with E-state index in [-0.39, 0.29) is 18.2 Å². The topological polar surface area (TPSA) is 47.6 Å². The van der Waals surface area contributed by atoms with Crippen molar-refractivity contribution >= 4 is 5.97 Å². The highest BCUT2D eigenvalue weighted by atomic mass is 16.6. The van der Waals surface area contributed by atoms with Crippen LogP contribution in [0.1, 0.15) is 40.5 Å². The molecule has 0 bridgehead atoms. The smallest absolute Gasteiger partial charge is 0.330 e. The first-order chi connectivity index (χ1) is 8.80. The molecular weight excluding hydrogens is 242 g/mol. The average Bonchev–Trinajstić information content (AvgIpc) is 2.33. The predicted molar refractivity (Wildman–Crippen MR) is 78.1 cm³/mol. The fraction of sp³-hybridized carbons (Fsp3) is 0.800. The molecule has 112 valence electrons. The Morgan fingerprint density at radius 1 is 1.37 bits per heavy atom. The molecule has 0 aliphatic heterocycles. The van der Waals surface area contributed by atoms with Crippen LogP contribution in [0, 0.1) is 5.92 Å². The number of hydrogen-bond acceptors (Lipinski definition) is 4. The Labute approximate surface area is 117 Å². The highest BCUT2D eigenvalue weighted by Crippen LogP contribution is 2.19. The zero-order valence-electron chi connectivity index (χ0n) is 13.0. The van der Waals surface area contributed by atoms with Crippen LogP contribution in [0.25, 0.3) is 0 Å². The Morgan fingerprint density at radius 3 is 2.47 bits per heavy atom. The first-order valence-corrected chi connectivity index (χ1v) is 6.90. The molecule has 0 saturated carbocycles. The first kappa shape index (κ1) is 18.1. The molecule has 4 heteroatoms. The summed E-state index contributed by atoms with van der Waals surface area (Å²) in [6.07, 6.45) is 3.26. The van der Waals surface area contributed by atoms with Crippen LogP contribution in [0.2, 0.25) is 0 Å². The summed E-state index contributed by atoms with van der Waals surface area (Å²) in [6, 6.07) is 0. The summed E-state index contributed by atoms with van der Waals surface area (Å²) in [5.74, 6) is 0.174. The highest BCUT2D eigenvalue weighted by Gasteiger charge is 2.22. The van der Waals surface area contributed by atoms with Crippen molar-refractivity contribution in [1.29, 1.82) is 0 Å². The Kier molecular flexibility index (Phi) is 8.68. The number of rotatable bonds is 10. The molecule has 1 unspecified atom stereocenters. The van der Waals surface area contributed by atoms with Crippen LogP contribution in [-0.2, 0) is 14.3 Å². The van der Waals surface area contributed by atoms with Crippen molar-refractivity contribution in [3.8, 4) is 0 Å². The lowest BCUT2D eigenvalue weighted by atomic mass is 9.92. The summed E-state index contributed by atoms with van der Waals surface area (Å²) in [5, 5.41) is 3.28. The maximum Gasteiger partial charge on any atom is 0.330 e. The molecule has 0 saturated heterocycles. The zero-order valence-corrected chi connectivity index (χ0v) is 13.0. The molecule has 0 fully saturated rings. The third-order valence-corrected chi connectivity index (χ3v) is 3.00. The lowest BCUT2D eigenvalue weighted by Gasteiger charge is -2.30. The van der Waals surface area contributed by atoms with E-state index in [0.717, 1.165) is 18.9 Å². The Balaban J connectivity index is 4.13. The van der Waals surface area contributed by atoms with Crippen molar-refractivity contribution in [2.24, 2.45) is 5.92 Å². The van der Waals surface area contributed by atoms with E-state index in [9.17, 15) is 4.79 Å². The van der Waals surface area contributed by atoms with Gasteiger partial charge in [-0.25, -0.2) is 4.79 Å². The molecular formula is C15H29NO3. The minimum atomic E-state index is -0.403. The standard InChI is InChI=1S/C15H29NO3/c1-7-14(17)19-9-8-18-13(10-12(2)3)11-15(4,5)16-6/h7,12-13,16H,1,8-11H2,2-6H3. The van der Waals surface area contributed by atoms with Gasteiger partial charge in [0.2, 0.25) is 0 Å². The molecule has 1 N–H and O–H groups in total. The lowest BCUT2D eigenvalue weighted by molar-refractivity contribution is -0.140. The largest absolute Gasteiger partial charge is 0.460 e. The summed E-state index contributed by atoms with van der Waals surface area (Å²) in [4.78, 5) is 10.9. The number of carbonyl (C=O) groups excluding carboxylic acids is 1. The fourth-order valence-electron chi connectivity index (χ4n) is 1.82. The third kappa shape index (κ3) is 9.68. The monoisotopic (exact) mass is 271 g/mol. The molecule has 0 rings (SSSR count). The fourth-order valence-corrected chi connectivity index (χ4v) is 1.82. The highest BCUT2D eigenvalue weighted by molar-refractivity contribution is 5.81. The van der Waals surface area contributed by atoms with E-state index in [1.807, 2.05) is 7.05 Å². The number of esters is 1. The Hall–Kier alpha value is -0.870. The number of ether oxygens (including phenoxy) is 2. The van der Waals surface area contributed by atoms with Crippen molar-refractivity contribution in [1.82, 2.24) is 5.32 Å². The minimum absolute atomic E-state index is 0.0390. The van der Waals surface area contributed by atoms with Crippen molar-refractivity contribution in [3.63, 3.8) is 0 Å². The summed E-state index contributed by atoms with van der Waals surface area (Å²) >= 11 is 0. The zero-order chi connectivity index (χ0) is 14.9. The van der Waals surface area contributed by atoms with Crippen LogP contribution in [0.5, 0.6) is 0 Å². The second kappa shape index (κ2) is 9.10. The van der Waals surface area contributed by atoms with Gasteiger partial charge in [-0.15, -0.1) is 0 Å². The van der Waals surface area contributed by atoms with Crippen molar-refractivity contribution < 1.29 is 14.3 Å². The van der Waals surface area contributed by atoms with Gasteiger partial charge in [0.05, 0.1) is 12.7 Å². The first-order valence-electron chi connectivity index (χ1n) is 6.90. The second-order valence-electron chi connectivity index (χ2n) is 5.83. The molecule has 0 heterocycles. The van der Waals surface area contributed by atoms with E-state index < -0.39 is 5.97 Å². The third-order valence-electron chi connectivity index (χ3n) is 3.00. The molecule has 1 atom stereocenters. The number of hydrogen-bond donors (Lipinski definition) is 1. The van der Waals surface area contributed by atoms with Gasteiger partial charge in [-0.05, 0) is 39.7 Å². The van der Waals surface area contributed by atoms with Gasteiger partial charge < -0.3 is 14.8 Å². The van der Waals surface area contributed by atoms with Crippen LogP contribution >= 0.6 is 0 Å². The van der Waals surface area contributed by atoms with Crippen LogP contribution in [0.4, 0.5) is 0 Å². The van der Waals surface area contributed by atoms with Gasteiger partial charge >= 0.3 is 5.97 Å². The molecule has 0 aromatic heterocycles. The Bertz CT molecular complexity index is 275. The van der Waals surface area contributed by atoms with Gasteiger partial charge in [0.15, 0.2) is 0 Å². The van der Waals surface area contributed by atoms with Gasteiger partial charge in [-0.2, -0.15) is 0 Å². The number of nitrogens with one attached hydrogen (secondary N) is 1. The molecule has 0 radical (unpaired) electrons. The summed E-state index contributed by atoms with van der Waals surface area (Å²) in [5.41, 5.74) is 0.0390. The minimum Gasteiger partial charge on any atom is -0.460 e. The average molecular weight is 271 g/mol. The molecule has 0 aromatic carbocycles. The second-order valence-corrected chi connectivity index (χ2v) is 5.83. The molecule has 0 aliphatic rings. The van der Waals surface area contributed by atoms with E-state index in [4.69, 9.17) is 9.47 Å². The van der Waals surface area contributed by atoms with Gasteiger partial charge in [0.25, 0.3) is 0 Å². The van der Waals surface area contributed by atoms with Gasteiger partial charge in [-0.3, -0.25) is 0 Å². The molecule has 0 aromatic rings. The lowest BCUT2D eigenvalue weighted by Crippen LogP contribution is -2.40. The van der Waals surface area contributed by atoms with Crippen molar-refractivity contribution in [3.05, 3.63) is 12.7 Å². The molecule has 19 heavy (non-hydrogen) atoms. The molecule has 0 aliphatic carbocycles. The molecule has 0 amide bonds. The van der Waals surface area contributed by atoms with E-state index in [0.29, 0.717) is 12.5 Å². The molecule has 4 nitrogen and oxygen atoms in total. The summed E-state index contributed by atoms with van der Waals surface area (Å²) in [6.45, 7) is 12.7. The Morgan fingerprint density at radius 2 is 2.00 bits per heavy atom. The van der Waals surface area contributed by atoms with E-state index in [1.54, 1.807) is 0 Å². The number of carbonyl (C=O) groups is 1. The van der Waals surface area contributed by atoms with E-state index in [2.05, 4.69) is 39.6 Å². The quantitative estimate of drug-likeness (QED) is 0.377. The van der Waals surface area contributed by atoms with E-state index in [1.165, 1.54) is 0 Å². The van der Waals surface area contributed by atoms with Crippen LogP contribution in [-0.4, -0.2) is 37.9 Å².